The van der Waals surface area contributed by atoms with Gasteiger partial charge in [-0.3, -0.25) is 0 Å². The Morgan fingerprint density at radius 1 is 1.09 bits per heavy atom. The molecule has 0 radical (unpaired) electrons. The summed E-state index contributed by atoms with van der Waals surface area (Å²) < 4.78 is 19.4. The first-order valence-electron chi connectivity index (χ1n) is 10.4. The van der Waals surface area contributed by atoms with Gasteiger partial charge in [0.05, 0.1) is 36.5 Å². The van der Waals surface area contributed by atoms with Gasteiger partial charge in [-0.25, -0.2) is 4.98 Å². The number of rotatable bonds is 6. The van der Waals surface area contributed by atoms with Crippen molar-refractivity contribution in [2.75, 3.05) is 6.79 Å². The average molecular weight is 458 g/mol. The second-order valence-corrected chi connectivity index (χ2v) is 8.16. The number of imidazole rings is 1. The Hall–Kier alpha value is -3.79. The molecule has 1 aromatic heterocycles. The monoisotopic (exact) mass is 457 g/mol. The van der Waals surface area contributed by atoms with Crippen LogP contribution < -0.4 is 9.47 Å². The van der Waals surface area contributed by atoms with E-state index < -0.39 is 0 Å². The Morgan fingerprint density at radius 2 is 1.91 bits per heavy atom. The van der Waals surface area contributed by atoms with Crippen molar-refractivity contribution < 1.29 is 14.2 Å². The summed E-state index contributed by atoms with van der Waals surface area (Å²) in [7, 11) is 1.93. The number of fused-ring (bicyclic) bond motifs is 1. The SMILES string of the molecule is Cn1cncc1C(OCc1ccc(Cl)cc1-c1ccc2c(c1)OCO2)c1ccc(C#N)cc1. The van der Waals surface area contributed by atoms with E-state index in [1.165, 1.54) is 0 Å². The maximum atomic E-state index is 9.14. The van der Waals surface area contributed by atoms with Gasteiger partial charge in [0.25, 0.3) is 0 Å². The van der Waals surface area contributed by atoms with Gasteiger partial charge in [-0.05, 0) is 58.7 Å². The second kappa shape index (κ2) is 8.99. The first kappa shape index (κ1) is 21.1. The van der Waals surface area contributed by atoms with Crippen LogP contribution in [-0.4, -0.2) is 16.3 Å². The number of benzene rings is 3. The van der Waals surface area contributed by atoms with E-state index in [-0.39, 0.29) is 12.9 Å². The average Bonchev–Trinajstić information content (AvgIpc) is 3.49. The van der Waals surface area contributed by atoms with E-state index in [0.29, 0.717) is 22.9 Å². The fourth-order valence-electron chi connectivity index (χ4n) is 3.89. The van der Waals surface area contributed by atoms with Crippen molar-refractivity contribution in [1.82, 2.24) is 9.55 Å². The summed E-state index contributed by atoms with van der Waals surface area (Å²) in [6, 6.07) is 21.2. The third-order valence-corrected chi connectivity index (χ3v) is 5.86. The number of ether oxygens (including phenoxy) is 3. The largest absolute Gasteiger partial charge is 0.454 e. The van der Waals surface area contributed by atoms with Crippen molar-refractivity contribution in [3.05, 3.63) is 101 Å². The maximum Gasteiger partial charge on any atom is 0.231 e. The van der Waals surface area contributed by atoms with Crippen LogP contribution in [-0.2, 0) is 18.4 Å². The third kappa shape index (κ3) is 4.29. The predicted molar refractivity (Wildman–Crippen MR) is 124 cm³/mol. The Bertz CT molecular complexity index is 1340. The maximum absolute atomic E-state index is 9.14. The van der Waals surface area contributed by atoms with E-state index in [9.17, 15) is 0 Å². The van der Waals surface area contributed by atoms with Crippen LogP contribution in [0.2, 0.25) is 5.02 Å². The Labute approximate surface area is 196 Å². The molecule has 0 spiro atoms. The van der Waals surface area contributed by atoms with E-state index in [1.807, 2.05) is 60.1 Å². The molecule has 3 aromatic carbocycles. The van der Waals surface area contributed by atoms with Crippen LogP contribution in [0.15, 0.2) is 73.2 Å². The van der Waals surface area contributed by atoms with Crippen LogP contribution >= 0.6 is 11.6 Å². The van der Waals surface area contributed by atoms with E-state index >= 15 is 0 Å². The highest BCUT2D eigenvalue weighted by Gasteiger charge is 2.20. The van der Waals surface area contributed by atoms with Gasteiger partial charge < -0.3 is 18.8 Å². The van der Waals surface area contributed by atoms with Gasteiger partial charge in [0.15, 0.2) is 11.5 Å². The van der Waals surface area contributed by atoms with Gasteiger partial charge in [0.2, 0.25) is 6.79 Å². The van der Waals surface area contributed by atoms with Crippen molar-refractivity contribution >= 4 is 11.6 Å². The zero-order valence-electron chi connectivity index (χ0n) is 17.9. The van der Waals surface area contributed by atoms with Crippen LogP contribution in [0.25, 0.3) is 11.1 Å². The molecule has 0 bridgehead atoms. The second-order valence-electron chi connectivity index (χ2n) is 7.72. The first-order valence-corrected chi connectivity index (χ1v) is 10.8. The topological polar surface area (TPSA) is 69.3 Å². The molecule has 0 aliphatic carbocycles. The lowest BCUT2D eigenvalue weighted by Gasteiger charge is -2.20. The summed E-state index contributed by atoms with van der Waals surface area (Å²) in [6.45, 7) is 0.568. The number of hydrogen-bond acceptors (Lipinski definition) is 5. The lowest BCUT2D eigenvalue weighted by atomic mass is 9.99. The van der Waals surface area contributed by atoms with Crippen molar-refractivity contribution in [1.29, 1.82) is 5.26 Å². The number of nitriles is 1. The molecule has 33 heavy (non-hydrogen) atoms. The fraction of sp³-hybridized carbons (Fsp3) is 0.154. The van der Waals surface area contributed by atoms with E-state index in [1.54, 1.807) is 24.7 Å². The zero-order chi connectivity index (χ0) is 22.8. The van der Waals surface area contributed by atoms with Gasteiger partial charge >= 0.3 is 0 Å². The minimum atomic E-state index is -0.356. The van der Waals surface area contributed by atoms with Gasteiger partial charge in [-0.15, -0.1) is 0 Å². The van der Waals surface area contributed by atoms with Crippen LogP contribution in [0, 0.1) is 11.3 Å². The number of aromatic nitrogens is 2. The molecule has 0 saturated carbocycles. The van der Waals surface area contributed by atoms with E-state index in [2.05, 4.69) is 11.1 Å². The van der Waals surface area contributed by atoms with Gasteiger partial charge in [0, 0.05) is 12.1 Å². The smallest absolute Gasteiger partial charge is 0.231 e. The predicted octanol–water partition coefficient (Wildman–Crippen LogP) is 5.65. The zero-order valence-corrected chi connectivity index (χ0v) is 18.6. The number of hydrogen-bond donors (Lipinski definition) is 0. The van der Waals surface area contributed by atoms with Gasteiger partial charge in [-0.1, -0.05) is 35.9 Å². The molecule has 6 nitrogen and oxygen atoms in total. The quantitative estimate of drug-likeness (QED) is 0.374. The standard InChI is InChI=1S/C26H20ClN3O3/c1-30-15-29-13-23(30)26(18-4-2-17(12-28)3-5-18)31-14-20-6-8-21(27)11-22(20)19-7-9-24-25(10-19)33-16-32-24/h2-11,13,15,26H,14,16H2,1H3. The molecule has 1 aliphatic rings. The number of aryl methyl sites for hydroxylation is 1. The molecule has 0 fully saturated rings. The minimum absolute atomic E-state index is 0.223. The number of nitrogens with zero attached hydrogens (tertiary/aromatic N) is 3. The van der Waals surface area contributed by atoms with Crippen LogP contribution in [0.3, 0.4) is 0 Å². The molecule has 164 valence electrons. The van der Waals surface area contributed by atoms with E-state index in [0.717, 1.165) is 33.7 Å². The molecule has 1 aliphatic heterocycles. The summed E-state index contributed by atoms with van der Waals surface area (Å²) in [4.78, 5) is 4.25. The Morgan fingerprint density at radius 3 is 2.67 bits per heavy atom. The van der Waals surface area contributed by atoms with Crippen molar-refractivity contribution in [2.45, 2.75) is 12.7 Å². The van der Waals surface area contributed by atoms with Gasteiger partial charge in [-0.2, -0.15) is 5.26 Å². The fourth-order valence-corrected chi connectivity index (χ4v) is 4.06. The molecule has 0 N–H and O–H groups in total. The van der Waals surface area contributed by atoms with Crippen molar-refractivity contribution in [3.63, 3.8) is 0 Å². The minimum Gasteiger partial charge on any atom is -0.454 e. The highest BCUT2D eigenvalue weighted by Crippen LogP contribution is 2.38. The van der Waals surface area contributed by atoms with Crippen molar-refractivity contribution in [2.24, 2.45) is 7.05 Å². The van der Waals surface area contributed by atoms with Crippen LogP contribution in [0.1, 0.15) is 28.5 Å². The van der Waals surface area contributed by atoms with Crippen LogP contribution in [0.5, 0.6) is 11.5 Å². The Balaban J connectivity index is 1.47. The molecule has 0 amide bonds. The third-order valence-electron chi connectivity index (χ3n) is 5.63. The summed E-state index contributed by atoms with van der Waals surface area (Å²) in [6.07, 6.45) is 3.18. The molecule has 4 aromatic rings. The summed E-state index contributed by atoms with van der Waals surface area (Å²) in [5, 5.41) is 9.78. The summed E-state index contributed by atoms with van der Waals surface area (Å²) in [5.41, 5.74) is 5.37. The lowest BCUT2D eigenvalue weighted by molar-refractivity contribution is 0.0624. The molecular weight excluding hydrogens is 438 g/mol. The molecule has 0 saturated heterocycles. The Kier molecular flexibility index (Phi) is 5.74. The first-order chi connectivity index (χ1) is 16.1. The highest BCUT2D eigenvalue weighted by atomic mass is 35.5. The number of halogens is 1. The molecule has 1 unspecified atom stereocenters. The normalized spacial score (nSPS) is 13.0. The van der Waals surface area contributed by atoms with Gasteiger partial charge in [0.1, 0.15) is 6.10 Å². The van der Waals surface area contributed by atoms with E-state index in [4.69, 9.17) is 31.1 Å². The summed E-state index contributed by atoms with van der Waals surface area (Å²) in [5.74, 6) is 1.44. The molecule has 2 heterocycles. The summed E-state index contributed by atoms with van der Waals surface area (Å²) >= 11 is 6.34. The van der Waals surface area contributed by atoms with Crippen molar-refractivity contribution in [3.8, 4) is 28.7 Å². The molecule has 7 heteroatoms. The highest BCUT2D eigenvalue weighted by molar-refractivity contribution is 6.30. The molecule has 5 rings (SSSR count). The molecule has 1 atom stereocenters. The molecular formula is C26H20ClN3O3. The lowest BCUT2D eigenvalue weighted by Crippen LogP contribution is -2.11. The van der Waals surface area contributed by atoms with Crippen LogP contribution in [0.4, 0.5) is 0 Å².